The quantitative estimate of drug-likeness (QED) is 0.277. The lowest BCUT2D eigenvalue weighted by Crippen LogP contribution is -2.31. The number of aliphatic hydroxyl groups excluding tert-OH is 1. The average Bonchev–Trinajstić information content (AvgIpc) is 3.59. The van der Waals surface area contributed by atoms with Gasteiger partial charge in [0, 0.05) is 5.02 Å². The number of nitrogens with zero attached hydrogens (tertiary/aromatic N) is 2. The Bertz CT molecular complexity index is 1490. The van der Waals surface area contributed by atoms with Crippen LogP contribution in [0.15, 0.2) is 70.5 Å². The van der Waals surface area contributed by atoms with Gasteiger partial charge in [0.05, 0.1) is 41.3 Å². The number of Topliss-reactive ketones (excluding diaryl/α,β-unsaturated/α-hetero) is 1. The Morgan fingerprint density at radius 1 is 1.14 bits per heavy atom. The van der Waals surface area contributed by atoms with E-state index in [1.807, 2.05) is 13.8 Å². The second-order valence-electron chi connectivity index (χ2n) is 7.83. The van der Waals surface area contributed by atoms with Gasteiger partial charge < -0.3 is 19.0 Å². The second-order valence-corrected chi connectivity index (χ2v) is 9.27. The van der Waals surface area contributed by atoms with Crippen LogP contribution in [-0.2, 0) is 4.79 Å². The van der Waals surface area contributed by atoms with E-state index in [-0.39, 0.29) is 11.3 Å². The Hall–Kier alpha value is -3.82. The molecule has 1 unspecified atom stereocenters. The molecule has 2 aromatic heterocycles. The number of carbonyl (C=O) groups excluding carboxylic acids is 2. The lowest BCUT2D eigenvalue weighted by atomic mass is 9.95. The van der Waals surface area contributed by atoms with Gasteiger partial charge in [-0.15, -0.1) is 0 Å². The molecule has 1 atom stereocenters. The van der Waals surface area contributed by atoms with Crippen molar-refractivity contribution in [2.45, 2.75) is 19.9 Å². The van der Waals surface area contributed by atoms with Gasteiger partial charge in [-0.25, -0.2) is 4.98 Å². The highest BCUT2D eigenvalue weighted by Gasteiger charge is 2.46. The number of ketones is 1. The molecule has 8 nitrogen and oxygen atoms in total. The largest absolute Gasteiger partial charge is 0.503 e. The minimum absolute atomic E-state index is 0.00301. The molecule has 0 radical (unpaired) electrons. The van der Waals surface area contributed by atoms with Gasteiger partial charge in [-0.2, -0.15) is 0 Å². The fraction of sp³-hybridized carbons (Fsp3) is 0.192. The first-order valence-electron chi connectivity index (χ1n) is 11.2. The maximum Gasteiger partial charge on any atom is 0.296 e. The van der Waals surface area contributed by atoms with Crippen LogP contribution >= 0.6 is 22.9 Å². The maximum absolute atomic E-state index is 13.4. The average molecular weight is 525 g/mol. The number of hydrogen-bond acceptors (Lipinski definition) is 8. The molecule has 3 heterocycles. The van der Waals surface area contributed by atoms with Crippen molar-refractivity contribution >= 4 is 50.0 Å². The number of rotatable bonds is 8. The molecule has 0 saturated heterocycles. The molecule has 36 heavy (non-hydrogen) atoms. The van der Waals surface area contributed by atoms with Crippen LogP contribution in [0.4, 0.5) is 5.13 Å². The summed E-state index contributed by atoms with van der Waals surface area (Å²) in [5.41, 5.74) is 1.06. The predicted molar refractivity (Wildman–Crippen MR) is 136 cm³/mol. The first-order valence-corrected chi connectivity index (χ1v) is 12.4. The van der Waals surface area contributed by atoms with Crippen LogP contribution in [0.25, 0.3) is 10.2 Å². The third-order valence-electron chi connectivity index (χ3n) is 5.63. The van der Waals surface area contributed by atoms with Crippen molar-refractivity contribution in [3.05, 3.63) is 82.5 Å². The zero-order valence-electron chi connectivity index (χ0n) is 19.4. The molecular formula is C26H21ClN2O6S. The smallest absolute Gasteiger partial charge is 0.296 e. The monoisotopic (exact) mass is 524 g/mol. The number of hydrogen-bond donors (Lipinski definition) is 1. The maximum atomic E-state index is 13.4. The summed E-state index contributed by atoms with van der Waals surface area (Å²) in [6.07, 6.45) is 1.36. The van der Waals surface area contributed by atoms with E-state index in [1.54, 1.807) is 42.5 Å². The lowest BCUT2D eigenvalue weighted by molar-refractivity contribution is -0.117. The van der Waals surface area contributed by atoms with Crippen LogP contribution in [0.3, 0.4) is 0 Å². The number of aliphatic hydroxyl groups is 1. The third kappa shape index (κ3) is 4.10. The van der Waals surface area contributed by atoms with Crippen LogP contribution in [-0.4, -0.2) is 35.0 Å². The summed E-state index contributed by atoms with van der Waals surface area (Å²) in [5, 5.41) is 11.8. The zero-order chi connectivity index (χ0) is 25.4. The van der Waals surface area contributed by atoms with Gasteiger partial charge in [-0.05, 0) is 61.9 Å². The number of ether oxygens (including phenoxy) is 2. The van der Waals surface area contributed by atoms with E-state index >= 15 is 0 Å². The number of carbonyl (C=O) groups is 2. The van der Waals surface area contributed by atoms with Crippen molar-refractivity contribution in [1.29, 1.82) is 0 Å². The molecule has 0 fully saturated rings. The number of anilines is 1. The van der Waals surface area contributed by atoms with Crippen molar-refractivity contribution < 1.29 is 28.6 Å². The first-order chi connectivity index (χ1) is 17.4. The van der Waals surface area contributed by atoms with E-state index < -0.39 is 23.5 Å². The van der Waals surface area contributed by atoms with Gasteiger partial charge in [-0.1, -0.05) is 29.0 Å². The molecule has 1 N–H and O–H groups in total. The van der Waals surface area contributed by atoms with Crippen molar-refractivity contribution in [3.8, 4) is 11.5 Å². The molecule has 0 bridgehead atoms. The minimum atomic E-state index is -0.985. The van der Waals surface area contributed by atoms with E-state index in [2.05, 4.69) is 4.98 Å². The van der Waals surface area contributed by atoms with Crippen molar-refractivity contribution in [1.82, 2.24) is 4.98 Å². The van der Waals surface area contributed by atoms with Crippen LogP contribution in [0.5, 0.6) is 11.5 Å². The Morgan fingerprint density at radius 3 is 2.64 bits per heavy atom. The molecule has 2 aromatic carbocycles. The molecule has 1 amide bonds. The molecule has 10 heteroatoms. The number of fused-ring (bicyclic) bond motifs is 1. The van der Waals surface area contributed by atoms with Gasteiger partial charge in [-0.3, -0.25) is 14.5 Å². The van der Waals surface area contributed by atoms with Crippen molar-refractivity contribution in [2.24, 2.45) is 0 Å². The highest BCUT2D eigenvalue weighted by atomic mass is 35.5. The molecule has 0 saturated carbocycles. The van der Waals surface area contributed by atoms with Crippen LogP contribution in [0.2, 0.25) is 5.02 Å². The molecule has 0 spiro atoms. The number of thiazole rings is 1. The predicted octanol–water partition coefficient (Wildman–Crippen LogP) is 6.12. The summed E-state index contributed by atoms with van der Waals surface area (Å²) < 4.78 is 17.5. The molecule has 5 rings (SSSR count). The number of amides is 1. The van der Waals surface area contributed by atoms with Crippen molar-refractivity contribution in [2.75, 3.05) is 18.1 Å². The number of furan rings is 1. The third-order valence-corrected chi connectivity index (χ3v) is 6.88. The van der Waals surface area contributed by atoms with Crippen LogP contribution < -0.4 is 14.4 Å². The second kappa shape index (κ2) is 9.67. The van der Waals surface area contributed by atoms with Crippen molar-refractivity contribution in [3.63, 3.8) is 0 Å². The summed E-state index contributed by atoms with van der Waals surface area (Å²) in [6, 6.07) is 12.4. The first kappa shape index (κ1) is 23.9. The number of benzene rings is 2. The Morgan fingerprint density at radius 2 is 1.92 bits per heavy atom. The SMILES string of the molecule is CCOc1ccc(C2C(C(=O)c3ccco3)=C(O)C(=O)N2c2nc3ccc(Cl)cc3s2)cc1OCC. The lowest BCUT2D eigenvalue weighted by Gasteiger charge is -2.25. The summed E-state index contributed by atoms with van der Waals surface area (Å²) in [6.45, 7) is 4.53. The van der Waals surface area contributed by atoms with Gasteiger partial charge in [0.2, 0.25) is 5.78 Å². The Balaban J connectivity index is 1.68. The molecule has 0 aliphatic carbocycles. The number of aromatic nitrogens is 1. The van der Waals surface area contributed by atoms with Crippen LogP contribution in [0.1, 0.15) is 36.0 Å². The Kier molecular flexibility index (Phi) is 6.42. The van der Waals surface area contributed by atoms with Crippen LogP contribution in [0, 0.1) is 0 Å². The topological polar surface area (TPSA) is 102 Å². The highest BCUT2D eigenvalue weighted by molar-refractivity contribution is 7.22. The van der Waals surface area contributed by atoms with Gasteiger partial charge in [0.1, 0.15) is 0 Å². The van der Waals surface area contributed by atoms with E-state index in [9.17, 15) is 14.7 Å². The molecular weight excluding hydrogens is 504 g/mol. The van der Waals surface area contributed by atoms with E-state index in [0.717, 1.165) is 4.70 Å². The fourth-order valence-corrected chi connectivity index (χ4v) is 5.39. The summed E-state index contributed by atoms with van der Waals surface area (Å²) in [7, 11) is 0. The normalized spacial score (nSPS) is 15.7. The van der Waals surface area contributed by atoms with E-state index in [1.165, 1.54) is 28.6 Å². The molecule has 1 aliphatic heterocycles. The highest BCUT2D eigenvalue weighted by Crippen LogP contribution is 2.46. The summed E-state index contributed by atoms with van der Waals surface area (Å²) in [4.78, 5) is 32.8. The van der Waals surface area contributed by atoms with Gasteiger partial charge in [0.25, 0.3) is 5.91 Å². The fourth-order valence-electron chi connectivity index (χ4n) is 4.12. The molecule has 1 aliphatic rings. The summed E-state index contributed by atoms with van der Waals surface area (Å²) >= 11 is 7.37. The Labute approximate surface area is 215 Å². The van der Waals surface area contributed by atoms with E-state index in [0.29, 0.717) is 45.9 Å². The summed E-state index contributed by atoms with van der Waals surface area (Å²) in [5.74, 6) is -1.02. The minimum Gasteiger partial charge on any atom is -0.503 e. The zero-order valence-corrected chi connectivity index (χ0v) is 20.9. The number of halogens is 1. The van der Waals surface area contributed by atoms with E-state index in [4.69, 9.17) is 25.5 Å². The van der Waals surface area contributed by atoms with Gasteiger partial charge in [0.15, 0.2) is 28.1 Å². The standard InChI is InChI=1S/C26H21ClN2O6S/c1-3-33-17-10-7-14(12-19(17)34-4-2)22-21(23(30)18-6-5-11-35-18)24(31)25(32)29(22)26-28-16-9-8-15(27)13-20(16)36-26/h5-13,22,31H,3-4H2,1-2H3. The molecule has 184 valence electrons. The molecule has 4 aromatic rings. The van der Waals surface area contributed by atoms with Gasteiger partial charge >= 0.3 is 0 Å².